The van der Waals surface area contributed by atoms with Crippen LogP contribution in [0.5, 0.6) is 0 Å². The van der Waals surface area contributed by atoms with Crippen molar-refractivity contribution in [2.75, 3.05) is 18.8 Å². The van der Waals surface area contributed by atoms with Crippen molar-refractivity contribution in [1.29, 1.82) is 0 Å². The normalized spacial score (nSPS) is 26.5. The summed E-state index contributed by atoms with van der Waals surface area (Å²) in [5, 5.41) is 4.39. The van der Waals surface area contributed by atoms with Gasteiger partial charge in [-0.1, -0.05) is 13.3 Å². The van der Waals surface area contributed by atoms with E-state index in [9.17, 15) is 0 Å². The fourth-order valence-electron chi connectivity index (χ4n) is 1.41. The second-order valence-corrected chi connectivity index (χ2v) is 4.60. The Kier molecular flexibility index (Phi) is 5.04. The van der Waals surface area contributed by atoms with Crippen LogP contribution in [0, 0.1) is 0 Å². The summed E-state index contributed by atoms with van der Waals surface area (Å²) >= 11 is 2.15. The Morgan fingerprint density at radius 1 is 1.45 bits per heavy atom. The first-order valence-corrected chi connectivity index (χ1v) is 5.80. The predicted molar refractivity (Wildman–Crippen MR) is 53.3 cm³/mol. The van der Waals surface area contributed by atoms with Gasteiger partial charge in [0.1, 0.15) is 0 Å². The third-order valence-electron chi connectivity index (χ3n) is 2.06. The number of rotatable bonds is 3. The van der Waals surface area contributed by atoms with Crippen molar-refractivity contribution in [3.05, 3.63) is 0 Å². The quantitative estimate of drug-likeness (QED) is 0.702. The lowest BCUT2D eigenvalue weighted by Crippen LogP contribution is -2.22. The summed E-state index contributed by atoms with van der Waals surface area (Å²) in [7, 11) is 0. The monoisotopic (exact) mass is 173 g/mol. The van der Waals surface area contributed by atoms with Gasteiger partial charge in [-0.15, -0.1) is 0 Å². The Hall–Kier alpha value is 0.310. The summed E-state index contributed by atoms with van der Waals surface area (Å²) in [5.74, 6) is 1.34. The van der Waals surface area contributed by atoms with E-state index in [0.29, 0.717) is 0 Å². The first-order chi connectivity index (χ1) is 5.43. The molecule has 0 aromatic rings. The molecule has 0 aromatic carbocycles. The Balaban J connectivity index is 2.09. The molecule has 0 aliphatic carbocycles. The molecule has 1 atom stereocenters. The molecule has 1 saturated heterocycles. The fraction of sp³-hybridized carbons (Fsp3) is 1.00. The Bertz CT molecular complexity index is 87.6. The summed E-state index contributed by atoms with van der Waals surface area (Å²) in [4.78, 5) is 0. The van der Waals surface area contributed by atoms with Gasteiger partial charge in [0, 0.05) is 11.8 Å². The van der Waals surface area contributed by atoms with E-state index in [1.807, 2.05) is 0 Å². The molecule has 0 saturated carbocycles. The maximum atomic E-state index is 3.49. The Labute approximate surface area is 74.3 Å². The van der Waals surface area contributed by atoms with Crippen molar-refractivity contribution in [3.8, 4) is 0 Å². The molecule has 0 radical (unpaired) electrons. The van der Waals surface area contributed by atoms with E-state index >= 15 is 0 Å². The summed E-state index contributed by atoms with van der Waals surface area (Å²) in [6.45, 7) is 4.74. The molecule has 0 aromatic heterocycles. The van der Waals surface area contributed by atoms with Crippen molar-refractivity contribution in [2.45, 2.75) is 37.9 Å². The van der Waals surface area contributed by atoms with Gasteiger partial charge in [0.15, 0.2) is 0 Å². The highest BCUT2D eigenvalue weighted by atomic mass is 32.2. The lowest BCUT2D eigenvalue weighted by atomic mass is 10.2. The molecule has 1 aliphatic heterocycles. The maximum absolute atomic E-state index is 3.49. The minimum Gasteiger partial charge on any atom is -0.316 e. The fourth-order valence-corrected chi connectivity index (χ4v) is 2.55. The van der Waals surface area contributed by atoms with Crippen LogP contribution in [0.2, 0.25) is 0 Å². The lowest BCUT2D eigenvalue weighted by Gasteiger charge is -2.12. The van der Waals surface area contributed by atoms with Crippen molar-refractivity contribution in [2.24, 2.45) is 0 Å². The van der Waals surface area contributed by atoms with Gasteiger partial charge in [0.05, 0.1) is 0 Å². The molecule has 0 amide bonds. The highest BCUT2D eigenvalue weighted by Crippen LogP contribution is 2.19. The summed E-state index contributed by atoms with van der Waals surface area (Å²) in [6.07, 6.45) is 5.55. The van der Waals surface area contributed by atoms with Crippen LogP contribution in [-0.4, -0.2) is 24.1 Å². The molecule has 1 rings (SSSR count). The summed E-state index contributed by atoms with van der Waals surface area (Å²) < 4.78 is 0. The van der Waals surface area contributed by atoms with E-state index in [1.54, 1.807) is 0 Å². The molecule has 1 aliphatic rings. The van der Waals surface area contributed by atoms with E-state index in [1.165, 1.54) is 44.5 Å². The molecule has 1 nitrogen and oxygen atoms in total. The van der Waals surface area contributed by atoms with Crippen molar-refractivity contribution >= 4 is 11.8 Å². The average molecular weight is 173 g/mol. The minimum absolute atomic E-state index is 0.900. The third-order valence-corrected chi connectivity index (χ3v) is 3.58. The van der Waals surface area contributed by atoms with Crippen LogP contribution in [0.4, 0.5) is 0 Å². The number of nitrogens with one attached hydrogen (secondary N) is 1. The molecule has 66 valence electrons. The number of thioether (sulfide) groups is 1. The molecular formula is C9H19NS. The zero-order valence-corrected chi connectivity index (χ0v) is 8.25. The largest absolute Gasteiger partial charge is 0.316 e. The van der Waals surface area contributed by atoms with Crippen molar-refractivity contribution in [1.82, 2.24) is 5.32 Å². The Morgan fingerprint density at radius 3 is 3.18 bits per heavy atom. The van der Waals surface area contributed by atoms with Gasteiger partial charge in [-0.25, -0.2) is 0 Å². The van der Waals surface area contributed by atoms with E-state index in [2.05, 4.69) is 24.0 Å². The minimum atomic E-state index is 0.900. The van der Waals surface area contributed by atoms with E-state index in [0.717, 1.165) is 5.25 Å². The summed E-state index contributed by atoms with van der Waals surface area (Å²) in [6, 6.07) is 0. The molecule has 1 unspecified atom stereocenters. The smallest absolute Gasteiger partial charge is 0.0172 e. The average Bonchev–Trinajstić information content (AvgIpc) is 2.28. The zero-order chi connectivity index (χ0) is 7.94. The van der Waals surface area contributed by atoms with Crippen LogP contribution in [0.25, 0.3) is 0 Å². The molecule has 1 N–H and O–H groups in total. The molecule has 0 spiro atoms. The van der Waals surface area contributed by atoms with E-state index in [4.69, 9.17) is 0 Å². The SMILES string of the molecule is CCCSC1CCCCNC1. The first-order valence-electron chi connectivity index (χ1n) is 4.76. The first kappa shape index (κ1) is 9.40. The Morgan fingerprint density at radius 2 is 2.36 bits per heavy atom. The second kappa shape index (κ2) is 5.90. The molecular weight excluding hydrogens is 154 g/mol. The van der Waals surface area contributed by atoms with Gasteiger partial charge in [-0.05, 0) is 31.6 Å². The highest BCUT2D eigenvalue weighted by Gasteiger charge is 2.10. The standard InChI is InChI=1S/C9H19NS/c1-2-7-11-9-5-3-4-6-10-8-9/h9-10H,2-8H2,1H3. The highest BCUT2D eigenvalue weighted by molar-refractivity contribution is 7.99. The van der Waals surface area contributed by atoms with Gasteiger partial charge in [0.25, 0.3) is 0 Å². The molecule has 11 heavy (non-hydrogen) atoms. The zero-order valence-electron chi connectivity index (χ0n) is 7.44. The van der Waals surface area contributed by atoms with Gasteiger partial charge < -0.3 is 5.32 Å². The topological polar surface area (TPSA) is 12.0 Å². The van der Waals surface area contributed by atoms with Crippen LogP contribution in [0.15, 0.2) is 0 Å². The van der Waals surface area contributed by atoms with Gasteiger partial charge in [-0.3, -0.25) is 0 Å². The van der Waals surface area contributed by atoms with Gasteiger partial charge in [0.2, 0.25) is 0 Å². The van der Waals surface area contributed by atoms with Crippen LogP contribution < -0.4 is 5.32 Å². The third kappa shape index (κ3) is 4.02. The molecule has 1 heterocycles. The van der Waals surface area contributed by atoms with Gasteiger partial charge in [-0.2, -0.15) is 11.8 Å². The second-order valence-electron chi connectivity index (χ2n) is 3.19. The molecule has 2 heteroatoms. The number of hydrogen-bond acceptors (Lipinski definition) is 2. The molecule has 1 fully saturated rings. The maximum Gasteiger partial charge on any atom is 0.0172 e. The van der Waals surface area contributed by atoms with E-state index < -0.39 is 0 Å². The van der Waals surface area contributed by atoms with Crippen LogP contribution in [0.1, 0.15) is 32.6 Å². The van der Waals surface area contributed by atoms with Gasteiger partial charge >= 0.3 is 0 Å². The lowest BCUT2D eigenvalue weighted by molar-refractivity contribution is 0.706. The van der Waals surface area contributed by atoms with Crippen LogP contribution in [-0.2, 0) is 0 Å². The van der Waals surface area contributed by atoms with Crippen molar-refractivity contribution < 1.29 is 0 Å². The number of hydrogen-bond donors (Lipinski definition) is 1. The van der Waals surface area contributed by atoms with Crippen LogP contribution >= 0.6 is 11.8 Å². The molecule has 0 bridgehead atoms. The van der Waals surface area contributed by atoms with E-state index in [-0.39, 0.29) is 0 Å². The van der Waals surface area contributed by atoms with Crippen LogP contribution in [0.3, 0.4) is 0 Å². The summed E-state index contributed by atoms with van der Waals surface area (Å²) in [5.41, 5.74) is 0. The van der Waals surface area contributed by atoms with Crippen molar-refractivity contribution in [3.63, 3.8) is 0 Å². The predicted octanol–water partition coefficient (Wildman–Crippen LogP) is 2.27.